The quantitative estimate of drug-likeness (QED) is 0.854. The van der Waals surface area contributed by atoms with E-state index >= 15 is 0 Å². The van der Waals surface area contributed by atoms with Gasteiger partial charge in [0.1, 0.15) is 6.04 Å². The van der Waals surface area contributed by atoms with Crippen molar-refractivity contribution in [2.75, 3.05) is 5.32 Å². The Balaban J connectivity index is 2.03. The lowest BCUT2D eigenvalue weighted by Gasteiger charge is -2.33. The molecular weight excluding hydrogens is 236 g/mol. The fourth-order valence-corrected chi connectivity index (χ4v) is 2.82. The molecule has 1 atom stereocenters. The average Bonchev–Trinajstić information content (AvgIpc) is 2.89. The monoisotopic (exact) mass is 260 g/mol. The lowest BCUT2D eigenvalue weighted by Crippen LogP contribution is -2.52. The number of amides is 1. The molecule has 1 aromatic rings. The highest BCUT2D eigenvalue weighted by atomic mass is 16.2. The summed E-state index contributed by atoms with van der Waals surface area (Å²) in [6.45, 7) is 6.43. The average molecular weight is 260 g/mol. The van der Waals surface area contributed by atoms with Gasteiger partial charge in [0, 0.05) is 17.6 Å². The summed E-state index contributed by atoms with van der Waals surface area (Å²) in [5, 5.41) is 6.57. The number of hydrogen-bond acceptors (Lipinski definition) is 2. The van der Waals surface area contributed by atoms with Gasteiger partial charge >= 0.3 is 0 Å². The van der Waals surface area contributed by atoms with E-state index < -0.39 is 0 Å². The molecule has 1 aliphatic rings. The lowest BCUT2D eigenvalue weighted by atomic mass is 9.89. The molecule has 0 aliphatic carbocycles. The minimum Gasteiger partial charge on any atom is -0.373 e. The Morgan fingerprint density at radius 2 is 1.89 bits per heavy atom. The summed E-state index contributed by atoms with van der Waals surface area (Å²) in [7, 11) is 0. The van der Waals surface area contributed by atoms with Crippen LogP contribution >= 0.6 is 0 Å². The van der Waals surface area contributed by atoms with Crippen molar-refractivity contribution in [3.63, 3.8) is 0 Å². The first-order chi connectivity index (χ1) is 9.14. The van der Waals surface area contributed by atoms with Crippen molar-refractivity contribution in [2.45, 2.75) is 58.0 Å². The Labute approximate surface area is 115 Å². The van der Waals surface area contributed by atoms with Crippen LogP contribution < -0.4 is 10.6 Å². The van der Waals surface area contributed by atoms with Gasteiger partial charge in [-0.15, -0.1) is 0 Å². The van der Waals surface area contributed by atoms with Crippen LogP contribution in [0.1, 0.15) is 45.6 Å². The Morgan fingerprint density at radius 1 is 1.26 bits per heavy atom. The highest BCUT2D eigenvalue weighted by Crippen LogP contribution is 2.26. The molecule has 0 fully saturated rings. The molecule has 0 saturated carbocycles. The molecule has 0 unspecified atom stereocenters. The van der Waals surface area contributed by atoms with E-state index in [9.17, 15) is 4.79 Å². The predicted molar refractivity (Wildman–Crippen MR) is 79.3 cm³/mol. The van der Waals surface area contributed by atoms with Crippen LogP contribution in [-0.2, 0) is 11.2 Å². The summed E-state index contributed by atoms with van der Waals surface area (Å²) in [5.74, 6) is 0.127. The maximum Gasteiger partial charge on any atom is 0.243 e. The van der Waals surface area contributed by atoms with Crippen molar-refractivity contribution in [1.82, 2.24) is 5.32 Å². The van der Waals surface area contributed by atoms with Gasteiger partial charge in [-0.05, 0) is 30.9 Å². The smallest absolute Gasteiger partial charge is 0.243 e. The zero-order valence-electron chi connectivity index (χ0n) is 12.1. The lowest BCUT2D eigenvalue weighted by molar-refractivity contribution is -0.123. The first-order valence-electron chi connectivity index (χ1n) is 7.30. The van der Waals surface area contributed by atoms with Gasteiger partial charge in [0.25, 0.3) is 0 Å². The highest BCUT2D eigenvalue weighted by Gasteiger charge is 2.32. The summed E-state index contributed by atoms with van der Waals surface area (Å²) >= 11 is 0. The van der Waals surface area contributed by atoms with Crippen LogP contribution in [0.5, 0.6) is 0 Å². The SMILES string of the molecule is CCC(CC)(CC)NC(=O)[C@@H]1Cc2ccccc2N1. The van der Waals surface area contributed by atoms with Crippen LogP contribution in [0, 0.1) is 0 Å². The minimum absolute atomic E-state index is 0.0481. The summed E-state index contributed by atoms with van der Waals surface area (Å²) in [6.07, 6.45) is 3.72. The summed E-state index contributed by atoms with van der Waals surface area (Å²) < 4.78 is 0. The molecule has 0 spiro atoms. The van der Waals surface area contributed by atoms with E-state index in [4.69, 9.17) is 0 Å². The van der Waals surface area contributed by atoms with Crippen LogP contribution in [0.3, 0.4) is 0 Å². The third kappa shape index (κ3) is 2.75. The number of rotatable bonds is 5. The van der Waals surface area contributed by atoms with Crippen LogP contribution in [0.15, 0.2) is 24.3 Å². The molecule has 0 saturated heterocycles. The zero-order chi connectivity index (χ0) is 13.9. The summed E-state index contributed by atoms with van der Waals surface area (Å²) in [6, 6.07) is 8.02. The second-order valence-corrected chi connectivity index (χ2v) is 5.39. The second-order valence-electron chi connectivity index (χ2n) is 5.39. The van der Waals surface area contributed by atoms with E-state index in [-0.39, 0.29) is 17.5 Å². The Hall–Kier alpha value is -1.51. The molecule has 1 aromatic carbocycles. The minimum atomic E-state index is -0.124. The second kappa shape index (κ2) is 5.64. The van der Waals surface area contributed by atoms with E-state index in [1.54, 1.807) is 0 Å². The molecule has 3 nitrogen and oxygen atoms in total. The number of carbonyl (C=O) groups is 1. The van der Waals surface area contributed by atoms with Crippen LogP contribution in [0.2, 0.25) is 0 Å². The molecule has 0 bridgehead atoms. The van der Waals surface area contributed by atoms with Crippen molar-refractivity contribution in [1.29, 1.82) is 0 Å². The maximum absolute atomic E-state index is 12.4. The van der Waals surface area contributed by atoms with Crippen molar-refractivity contribution in [3.8, 4) is 0 Å². The number of benzene rings is 1. The van der Waals surface area contributed by atoms with E-state index in [1.807, 2.05) is 18.2 Å². The first kappa shape index (κ1) is 13.9. The number of anilines is 1. The van der Waals surface area contributed by atoms with Gasteiger partial charge < -0.3 is 10.6 Å². The topological polar surface area (TPSA) is 41.1 Å². The van der Waals surface area contributed by atoms with Gasteiger partial charge in [-0.1, -0.05) is 39.0 Å². The fourth-order valence-electron chi connectivity index (χ4n) is 2.82. The zero-order valence-corrected chi connectivity index (χ0v) is 12.1. The molecule has 3 heteroatoms. The molecule has 0 radical (unpaired) electrons. The third-order valence-electron chi connectivity index (χ3n) is 4.51. The number of hydrogen-bond donors (Lipinski definition) is 2. The largest absolute Gasteiger partial charge is 0.373 e. The van der Waals surface area contributed by atoms with Crippen LogP contribution in [0.25, 0.3) is 0 Å². The van der Waals surface area contributed by atoms with E-state index in [1.165, 1.54) is 5.56 Å². The Kier molecular flexibility index (Phi) is 4.13. The maximum atomic E-state index is 12.4. The fraction of sp³-hybridized carbons (Fsp3) is 0.562. The van der Waals surface area contributed by atoms with Gasteiger partial charge in [-0.2, -0.15) is 0 Å². The number of para-hydroxylation sites is 1. The van der Waals surface area contributed by atoms with Crippen molar-refractivity contribution in [2.24, 2.45) is 0 Å². The van der Waals surface area contributed by atoms with E-state index in [0.29, 0.717) is 0 Å². The van der Waals surface area contributed by atoms with Crippen LogP contribution in [-0.4, -0.2) is 17.5 Å². The molecule has 104 valence electrons. The van der Waals surface area contributed by atoms with Gasteiger partial charge in [-0.25, -0.2) is 0 Å². The van der Waals surface area contributed by atoms with Crippen LogP contribution in [0.4, 0.5) is 5.69 Å². The third-order valence-corrected chi connectivity index (χ3v) is 4.51. The molecule has 1 amide bonds. The number of carbonyl (C=O) groups excluding carboxylic acids is 1. The van der Waals surface area contributed by atoms with Gasteiger partial charge in [0.2, 0.25) is 5.91 Å². The Morgan fingerprint density at radius 3 is 2.47 bits per heavy atom. The molecule has 1 heterocycles. The van der Waals surface area contributed by atoms with Gasteiger partial charge in [-0.3, -0.25) is 4.79 Å². The highest BCUT2D eigenvalue weighted by molar-refractivity contribution is 5.87. The molecule has 1 aliphatic heterocycles. The van der Waals surface area contributed by atoms with E-state index in [0.717, 1.165) is 31.4 Å². The van der Waals surface area contributed by atoms with Crippen molar-refractivity contribution < 1.29 is 4.79 Å². The summed E-state index contributed by atoms with van der Waals surface area (Å²) in [5.41, 5.74) is 2.28. The van der Waals surface area contributed by atoms with E-state index in [2.05, 4.69) is 37.5 Å². The molecule has 0 aromatic heterocycles. The molecule has 2 rings (SSSR count). The first-order valence-corrected chi connectivity index (χ1v) is 7.30. The van der Waals surface area contributed by atoms with Crippen molar-refractivity contribution in [3.05, 3.63) is 29.8 Å². The Bertz CT molecular complexity index is 419. The normalized spacial score (nSPS) is 17.7. The van der Waals surface area contributed by atoms with Gasteiger partial charge in [0.15, 0.2) is 0 Å². The molecular formula is C16H24N2O. The molecule has 19 heavy (non-hydrogen) atoms. The van der Waals surface area contributed by atoms with Crippen molar-refractivity contribution >= 4 is 11.6 Å². The number of nitrogens with one attached hydrogen (secondary N) is 2. The predicted octanol–water partition coefficient (Wildman–Crippen LogP) is 3.11. The molecule has 2 N–H and O–H groups in total. The number of fused-ring (bicyclic) bond motifs is 1. The van der Waals surface area contributed by atoms with Gasteiger partial charge in [0.05, 0.1) is 0 Å². The summed E-state index contributed by atoms with van der Waals surface area (Å²) in [4.78, 5) is 12.4. The standard InChI is InChI=1S/C16H24N2O/c1-4-16(5-2,6-3)18-15(19)14-11-12-9-7-8-10-13(12)17-14/h7-10,14,17H,4-6,11H2,1-3H3,(H,18,19)/t14-/m0/s1.